The fraction of sp³-hybridized carbons (Fsp3) is 0.417. The lowest BCUT2D eigenvalue weighted by Crippen LogP contribution is -2.49. The van der Waals surface area contributed by atoms with Gasteiger partial charge in [-0.2, -0.15) is 26.3 Å². The first-order valence-corrected chi connectivity index (χ1v) is 12.4. The van der Waals surface area contributed by atoms with Crippen molar-refractivity contribution in [2.45, 2.75) is 48.7 Å². The summed E-state index contributed by atoms with van der Waals surface area (Å²) in [7, 11) is -3.37. The van der Waals surface area contributed by atoms with Crippen LogP contribution in [0, 0.1) is 5.92 Å². The highest BCUT2D eigenvalue weighted by Crippen LogP contribution is 2.41. The van der Waals surface area contributed by atoms with Crippen LogP contribution in [0.5, 0.6) is 0 Å². The van der Waals surface area contributed by atoms with E-state index in [-0.39, 0.29) is 25.1 Å². The molecule has 1 amide bonds. The Kier molecular flexibility index (Phi) is 7.43. The van der Waals surface area contributed by atoms with Crippen molar-refractivity contribution in [3.63, 3.8) is 0 Å². The number of ether oxygens (including phenoxy) is 1. The van der Waals surface area contributed by atoms with Crippen LogP contribution in [0.25, 0.3) is 0 Å². The van der Waals surface area contributed by atoms with Gasteiger partial charge in [-0.15, -0.1) is 0 Å². The van der Waals surface area contributed by atoms with E-state index in [4.69, 9.17) is 0 Å². The molecule has 0 unspecified atom stereocenters. The van der Waals surface area contributed by atoms with Crippen LogP contribution >= 0.6 is 0 Å². The van der Waals surface area contributed by atoms with Crippen LogP contribution in [0.1, 0.15) is 48.2 Å². The molecule has 0 saturated carbocycles. The molecular formula is C24H23F6NO5S. The normalized spacial score (nSPS) is 17.6. The zero-order valence-corrected chi connectivity index (χ0v) is 20.7. The zero-order valence-electron chi connectivity index (χ0n) is 19.9. The van der Waals surface area contributed by atoms with E-state index in [9.17, 15) is 44.3 Å². The van der Waals surface area contributed by atoms with Crippen molar-refractivity contribution in [1.82, 2.24) is 0 Å². The largest absolute Gasteiger partial charge is 0.465 e. The van der Waals surface area contributed by atoms with Crippen LogP contribution < -0.4 is 4.90 Å². The maximum Gasteiger partial charge on any atom is 0.416 e. The number of esters is 1. The maximum atomic E-state index is 13.3. The third-order valence-electron chi connectivity index (χ3n) is 6.59. The van der Waals surface area contributed by atoms with Gasteiger partial charge < -0.3 is 9.64 Å². The van der Waals surface area contributed by atoms with Gasteiger partial charge in [-0.25, -0.2) is 13.2 Å². The molecule has 2 aromatic carbocycles. The van der Waals surface area contributed by atoms with Crippen molar-refractivity contribution in [2.24, 2.45) is 5.92 Å². The van der Waals surface area contributed by atoms with Gasteiger partial charge >= 0.3 is 18.3 Å². The Morgan fingerprint density at radius 1 is 0.973 bits per heavy atom. The topological polar surface area (TPSA) is 80.8 Å². The molecule has 6 nitrogen and oxygen atoms in total. The molecular weight excluding hydrogens is 528 g/mol. The number of nitrogens with zero attached hydrogens (tertiary/aromatic N) is 1. The first-order valence-electron chi connectivity index (χ1n) is 10.9. The summed E-state index contributed by atoms with van der Waals surface area (Å²) in [6.07, 6.45) is -9.82. The molecule has 1 heterocycles. The Morgan fingerprint density at radius 3 is 2.11 bits per heavy atom. The lowest BCUT2D eigenvalue weighted by atomic mass is 9.85. The van der Waals surface area contributed by atoms with E-state index in [0.29, 0.717) is 18.2 Å². The molecule has 1 fully saturated rings. The highest BCUT2D eigenvalue weighted by Gasteiger charge is 2.47. The molecule has 13 heteroatoms. The number of halogens is 6. The molecule has 0 spiro atoms. The molecule has 1 aliphatic rings. The summed E-state index contributed by atoms with van der Waals surface area (Å²) in [4.78, 5) is 25.8. The van der Waals surface area contributed by atoms with E-state index >= 15 is 0 Å². The number of rotatable bonds is 5. The van der Waals surface area contributed by atoms with Crippen LogP contribution in [0.2, 0.25) is 0 Å². The molecule has 0 N–H and O–H groups in total. The molecule has 0 radical (unpaired) electrons. The van der Waals surface area contributed by atoms with Crippen LogP contribution in [0.15, 0.2) is 47.4 Å². The van der Waals surface area contributed by atoms with E-state index in [2.05, 4.69) is 4.74 Å². The highest BCUT2D eigenvalue weighted by molar-refractivity contribution is 7.92. The number of sulfone groups is 1. The fourth-order valence-corrected chi connectivity index (χ4v) is 6.05. The minimum absolute atomic E-state index is 0.0541. The van der Waals surface area contributed by atoms with Crippen LogP contribution in [0.3, 0.4) is 0 Å². The van der Waals surface area contributed by atoms with Crippen molar-refractivity contribution in [3.8, 4) is 0 Å². The average molecular weight is 552 g/mol. The van der Waals surface area contributed by atoms with Gasteiger partial charge in [-0.3, -0.25) is 4.79 Å². The van der Waals surface area contributed by atoms with Gasteiger partial charge in [-0.1, -0.05) is 6.07 Å². The number of methoxy groups -OCH3 is 1. The first-order chi connectivity index (χ1) is 16.9. The highest BCUT2D eigenvalue weighted by atomic mass is 32.2. The number of alkyl halides is 6. The summed E-state index contributed by atoms with van der Waals surface area (Å²) >= 11 is 0. The summed E-state index contributed by atoms with van der Waals surface area (Å²) in [5.41, 5.74) is -2.86. The van der Waals surface area contributed by atoms with Crippen LogP contribution in [-0.4, -0.2) is 38.7 Å². The predicted octanol–water partition coefficient (Wildman–Crippen LogP) is 5.51. The Labute approximate surface area is 209 Å². The third-order valence-corrected chi connectivity index (χ3v) is 9.18. The number of carbonyl (C=O) groups is 2. The Morgan fingerprint density at radius 2 is 1.57 bits per heavy atom. The van der Waals surface area contributed by atoms with Gasteiger partial charge in [0.2, 0.25) is 5.91 Å². The Balaban J connectivity index is 1.92. The van der Waals surface area contributed by atoms with Crippen molar-refractivity contribution >= 4 is 27.4 Å². The zero-order chi connectivity index (χ0) is 28.0. The number of carbonyl (C=O) groups excluding carboxylic acids is 2. The van der Waals surface area contributed by atoms with E-state index in [0.717, 1.165) is 36.3 Å². The maximum absolute atomic E-state index is 13.3. The number of piperidine rings is 1. The summed E-state index contributed by atoms with van der Waals surface area (Å²) in [5, 5.41) is 0. The SMILES string of the molecule is COC(=O)c1cc(C(F)(F)F)ccc1N1CC[C@@H](C(C)(C)S(=O)(=O)c2cccc(C(F)(F)F)c2)CC1=O. The monoisotopic (exact) mass is 551 g/mol. The van der Waals surface area contributed by atoms with Crippen LogP contribution in [0.4, 0.5) is 32.0 Å². The molecule has 0 aromatic heterocycles. The lowest BCUT2D eigenvalue weighted by molar-refractivity contribution is -0.138. The van der Waals surface area contributed by atoms with Crippen LogP contribution in [-0.2, 0) is 31.7 Å². The number of benzene rings is 2. The van der Waals surface area contributed by atoms with E-state index < -0.39 is 66.3 Å². The van der Waals surface area contributed by atoms with Crippen molar-refractivity contribution in [3.05, 3.63) is 59.2 Å². The second-order valence-corrected chi connectivity index (χ2v) is 11.6. The van der Waals surface area contributed by atoms with Crippen molar-refractivity contribution < 1.29 is 49.1 Å². The molecule has 1 saturated heterocycles. The third kappa shape index (κ3) is 5.46. The van der Waals surface area contributed by atoms with Gasteiger partial charge in [0.05, 0.1) is 39.1 Å². The Hall–Kier alpha value is -3.09. The number of amides is 1. The standard InChI is InChI=1S/C24H23F6NO5S/c1-22(2,37(34,35)17-6-4-5-15(11-17)23(25,26)27)14-9-10-31(20(32)13-14)19-8-7-16(24(28,29)30)12-18(19)21(33)36-3/h4-8,11-12,14H,9-10,13H2,1-3H3/t14-/m1/s1. The van der Waals surface area contributed by atoms with Gasteiger partial charge in [-0.05, 0) is 62.6 Å². The van der Waals surface area contributed by atoms with E-state index in [1.165, 1.54) is 13.8 Å². The summed E-state index contributed by atoms with van der Waals surface area (Å²) in [5.74, 6) is -2.58. The fourth-order valence-electron chi connectivity index (χ4n) is 4.26. The van der Waals surface area contributed by atoms with Gasteiger partial charge in [0.15, 0.2) is 9.84 Å². The molecule has 2 aromatic rings. The van der Waals surface area contributed by atoms with E-state index in [1.807, 2.05) is 0 Å². The quantitative estimate of drug-likeness (QED) is 0.362. The number of hydrogen-bond acceptors (Lipinski definition) is 5. The minimum Gasteiger partial charge on any atom is -0.465 e. The molecule has 3 rings (SSSR count). The second-order valence-electron chi connectivity index (χ2n) is 9.09. The molecule has 37 heavy (non-hydrogen) atoms. The molecule has 0 bridgehead atoms. The average Bonchev–Trinajstić information content (AvgIpc) is 2.82. The molecule has 1 atom stereocenters. The van der Waals surface area contributed by atoms with Gasteiger partial charge in [0.1, 0.15) is 0 Å². The second kappa shape index (κ2) is 9.66. The minimum atomic E-state index is -4.75. The summed E-state index contributed by atoms with van der Waals surface area (Å²) in [6.45, 7) is 2.49. The van der Waals surface area contributed by atoms with E-state index in [1.54, 1.807) is 0 Å². The van der Waals surface area contributed by atoms with Gasteiger partial charge in [0.25, 0.3) is 0 Å². The molecule has 0 aliphatic carbocycles. The summed E-state index contributed by atoms with van der Waals surface area (Å²) in [6, 6.07) is 5.58. The Bertz CT molecular complexity index is 1320. The van der Waals surface area contributed by atoms with Gasteiger partial charge in [0, 0.05) is 13.0 Å². The smallest absolute Gasteiger partial charge is 0.416 e. The molecule has 1 aliphatic heterocycles. The molecule has 202 valence electrons. The van der Waals surface area contributed by atoms with Crippen molar-refractivity contribution in [2.75, 3.05) is 18.6 Å². The lowest BCUT2D eigenvalue weighted by Gasteiger charge is -2.40. The predicted molar refractivity (Wildman–Crippen MR) is 121 cm³/mol. The summed E-state index contributed by atoms with van der Waals surface area (Å²) < 4.78 is 108. The van der Waals surface area contributed by atoms with Crippen molar-refractivity contribution in [1.29, 1.82) is 0 Å². The first kappa shape index (κ1) is 28.5. The number of anilines is 1. The number of hydrogen-bond donors (Lipinski definition) is 0.